The molecular formula is C22H27NO4. The number of amides is 1. The van der Waals surface area contributed by atoms with Gasteiger partial charge in [0.2, 0.25) is 5.91 Å². The number of rotatable bonds is 9. The van der Waals surface area contributed by atoms with Crippen molar-refractivity contribution >= 4 is 12.0 Å². The summed E-state index contributed by atoms with van der Waals surface area (Å²) in [6.07, 6.45) is 3.32. The van der Waals surface area contributed by atoms with Crippen LogP contribution in [-0.4, -0.2) is 26.2 Å². The normalized spacial score (nSPS) is 11.0. The molecule has 0 aliphatic carbocycles. The molecule has 2 aromatic carbocycles. The topological polar surface area (TPSA) is 56.8 Å². The van der Waals surface area contributed by atoms with E-state index in [1.54, 1.807) is 20.3 Å². The largest absolute Gasteiger partial charge is 0.493 e. The lowest BCUT2D eigenvalue weighted by molar-refractivity contribution is -0.116. The van der Waals surface area contributed by atoms with Crippen LogP contribution in [0.2, 0.25) is 0 Å². The second-order valence-electron chi connectivity index (χ2n) is 6.33. The fraction of sp³-hybridized carbons (Fsp3) is 0.318. The molecule has 0 aliphatic heterocycles. The quantitative estimate of drug-likeness (QED) is 0.680. The Labute approximate surface area is 161 Å². The zero-order chi connectivity index (χ0) is 19.6. The first kappa shape index (κ1) is 20.5. The minimum absolute atomic E-state index is 0.0621. The number of nitrogens with one attached hydrogen (secondary N) is 1. The highest BCUT2D eigenvalue weighted by Gasteiger charge is 2.07. The monoisotopic (exact) mass is 369 g/mol. The molecule has 1 amide bonds. The highest BCUT2D eigenvalue weighted by atomic mass is 16.5. The van der Waals surface area contributed by atoms with E-state index in [1.807, 2.05) is 56.3 Å². The highest BCUT2D eigenvalue weighted by molar-refractivity contribution is 5.91. The minimum atomic E-state index is -0.163. The Morgan fingerprint density at radius 1 is 1.07 bits per heavy atom. The molecule has 0 heterocycles. The van der Waals surface area contributed by atoms with Crippen molar-refractivity contribution in [3.63, 3.8) is 0 Å². The van der Waals surface area contributed by atoms with Crippen LogP contribution >= 0.6 is 0 Å². The molecule has 0 aliphatic rings. The van der Waals surface area contributed by atoms with Gasteiger partial charge in [0.05, 0.1) is 19.8 Å². The van der Waals surface area contributed by atoms with Gasteiger partial charge in [-0.2, -0.15) is 0 Å². The number of methoxy groups -OCH3 is 2. The number of hydrogen-bond acceptors (Lipinski definition) is 4. The zero-order valence-electron chi connectivity index (χ0n) is 16.3. The van der Waals surface area contributed by atoms with Crippen LogP contribution in [0.3, 0.4) is 0 Å². The van der Waals surface area contributed by atoms with Crippen molar-refractivity contribution in [3.05, 3.63) is 65.2 Å². The van der Waals surface area contributed by atoms with E-state index < -0.39 is 0 Å². The molecule has 0 fully saturated rings. The third kappa shape index (κ3) is 6.46. The molecule has 0 atom stereocenters. The molecule has 0 aromatic heterocycles. The predicted molar refractivity (Wildman–Crippen MR) is 107 cm³/mol. The molecular weight excluding hydrogens is 342 g/mol. The van der Waals surface area contributed by atoms with Gasteiger partial charge >= 0.3 is 0 Å². The molecule has 0 unspecified atom stereocenters. The van der Waals surface area contributed by atoms with Crippen LogP contribution in [0.25, 0.3) is 6.08 Å². The predicted octanol–water partition coefficient (Wildman–Crippen LogP) is 3.96. The van der Waals surface area contributed by atoms with Crippen molar-refractivity contribution in [2.45, 2.75) is 33.1 Å². The lowest BCUT2D eigenvalue weighted by Gasteiger charge is -2.13. The SMILES string of the molecule is COCc1ccccc1CNC(=O)/C=C/c1ccc(OC(C)C)c(OC)c1. The Morgan fingerprint density at radius 3 is 2.48 bits per heavy atom. The maximum atomic E-state index is 12.1. The zero-order valence-corrected chi connectivity index (χ0v) is 16.3. The molecule has 0 radical (unpaired) electrons. The molecule has 0 spiro atoms. The number of carbonyl (C=O) groups is 1. The number of benzene rings is 2. The van der Waals surface area contributed by atoms with Gasteiger partial charge in [0.15, 0.2) is 11.5 Å². The molecule has 2 aromatic rings. The minimum Gasteiger partial charge on any atom is -0.493 e. The molecule has 0 saturated heterocycles. The summed E-state index contributed by atoms with van der Waals surface area (Å²) in [6, 6.07) is 13.5. The third-order valence-corrected chi connectivity index (χ3v) is 3.85. The van der Waals surface area contributed by atoms with Gasteiger partial charge in [0.1, 0.15) is 0 Å². The van der Waals surface area contributed by atoms with Crippen molar-refractivity contribution in [1.82, 2.24) is 5.32 Å². The van der Waals surface area contributed by atoms with E-state index in [0.29, 0.717) is 24.7 Å². The number of ether oxygens (including phenoxy) is 3. The average molecular weight is 369 g/mol. The van der Waals surface area contributed by atoms with Gasteiger partial charge in [-0.1, -0.05) is 30.3 Å². The van der Waals surface area contributed by atoms with Crippen LogP contribution < -0.4 is 14.8 Å². The van der Waals surface area contributed by atoms with Crippen molar-refractivity contribution in [3.8, 4) is 11.5 Å². The van der Waals surface area contributed by atoms with Gasteiger partial charge in [-0.05, 0) is 48.7 Å². The molecule has 5 nitrogen and oxygen atoms in total. The Bertz CT molecular complexity index is 784. The van der Waals surface area contributed by atoms with Crippen molar-refractivity contribution < 1.29 is 19.0 Å². The standard InChI is InChI=1S/C22H27NO4/c1-16(2)27-20-11-9-17(13-21(20)26-4)10-12-22(24)23-14-18-7-5-6-8-19(18)15-25-3/h5-13,16H,14-15H2,1-4H3,(H,23,24)/b12-10+. The lowest BCUT2D eigenvalue weighted by Crippen LogP contribution is -2.21. The summed E-state index contributed by atoms with van der Waals surface area (Å²) in [4.78, 5) is 12.1. The highest BCUT2D eigenvalue weighted by Crippen LogP contribution is 2.29. The summed E-state index contributed by atoms with van der Waals surface area (Å²) in [5.74, 6) is 1.16. The van der Waals surface area contributed by atoms with Gasteiger partial charge < -0.3 is 19.5 Å². The second-order valence-corrected chi connectivity index (χ2v) is 6.33. The number of hydrogen-bond donors (Lipinski definition) is 1. The molecule has 0 bridgehead atoms. The molecule has 27 heavy (non-hydrogen) atoms. The van der Waals surface area contributed by atoms with Gasteiger partial charge in [-0.15, -0.1) is 0 Å². The van der Waals surface area contributed by atoms with Crippen LogP contribution in [0.15, 0.2) is 48.5 Å². The van der Waals surface area contributed by atoms with Gasteiger partial charge in [0, 0.05) is 19.7 Å². The summed E-state index contributed by atoms with van der Waals surface area (Å²) in [5, 5.41) is 2.90. The summed E-state index contributed by atoms with van der Waals surface area (Å²) < 4.78 is 16.2. The first-order valence-electron chi connectivity index (χ1n) is 8.89. The van der Waals surface area contributed by atoms with Gasteiger partial charge in [0.25, 0.3) is 0 Å². The maximum Gasteiger partial charge on any atom is 0.244 e. The fourth-order valence-corrected chi connectivity index (χ4v) is 2.58. The Morgan fingerprint density at radius 2 is 1.81 bits per heavy atom. The average Bonchev–Trinajstić information content (AvgIpc) is 2.66. The number of carbonyl (C=O) groups excluding carboxylic acids is 1. The second kappa shape index (κ2) is 10.4. The molecule has 144 valence electrons. The van der Waals surface area contributed by atoms with Gasteiger partial charge in [-0.3, -0.25) is 4.79 Å². The Hall–Kier alpha value is -2.79. The lowest BCUT2D eigenvalue weighted by atomic mass is 10.1. The molecule has 0 saturated carbocycles. The Balaban J connectivity index is 1.98. The van der Waals surface area contributed by atoms with E-state index >= 15 is 0 Å². The molecule has 5 heteroatoms. The summed E-state index contributed by atoms with van der Waals surface area (Å²) in [5.41, 5.74) is 2.96. The van der Waals surface area contributed by atoms with E-state index in [2.05, 4.69) is 5.32 Å². The summed E-state index contributed by atoms with van der Waals surface area (Å²) >= 11 is 0. The van der Waals surface area contributed by atoms with E-state index in [4.69, 9.17) is 14.2 Å². The van der Waals surface area contributed by atoms with Crippen LogP contribution in [0.4, 0.5) is 0 Å². The fourth-order valence-electron chi connectivity index (χ4n) is 2.58. The Kier molecular flexibility index (Phi) is 7.89. The molecule has 1 N–H and O–H groups in total. The van der Waals surface area contributed by atoms with Gasteiger partial charge in [-0.25, -0.2) is 0 Å². The summed E-state index contributed by atoms with van der Waals surface area (Å²) in [7, 11) is 3.25. The van der Waals surface area contributed by atoms with E-state index in [1.165, 1.54) is 6.08 Å². The van der Waals surface area contributed by atoms with Crippen LogP contribution in [-0.2, 0) is 22.7 Å². The third-order valence-electron chi connectivity index (χ3n) is 3.85. The van der Waals surface area contributed by atoms with Crippen molar-refractivity contribution in [2.24, 2.45) is 0 Å². The maximum absolute atomic E-state index is 12.1. The van der Waals surface area contributed by atoms with Crippen LogP contribution in [0.5, 0.6) is 11.5 Å². The first-order chi connectivity index (χ1) is 13.0. The van der Waals surface area contributed by atoms with Crippen molar-refractivity contribution in [1.29, 1.82) is 0 Å². The van der Waals surface area contributed by atoms with Crippen LogP contribution in [0, 0.1) is 0 Å². The van der Waals surface area contributed by atoms with E-state index in [0.717, 1.165) is 16.7 Å². The van der Waals surface area contributed by atoms with Crippen molar-refractivity contribution in [2.75, 3.05) is 14.2 Å². The van der Waals surface area contributed by atoms with E-state index in [-0.39, 0.29) is 12.0 Å². The van der Waals surface area contributed by atoms with Crippen LogP contribution in [0.1, 0.15) is 30.5 Å². The first-order valence-corrected chi connectivity index (χ1v) is 8.89. The smallest absolute Gasteiger partial charge is 0.244 e. The van der Waals surface area contributed by atoms with E-state index in [9.17, 15) is 4.79 Å². The molecule has 2 rings (SSSR count). The summed E-state index contributed by atoms with van der Waals surface area (Å²) in [6.45, 7) is 4.89.